The van der Waals surface area contributed by atoms with Crippen LogP contribution in [0.5, 0.6) is 0 Å². The Morgan fingerprint density at radius 2 is 2.50 bits per heavy atom. The van der Waals surface area contributed by atoms with Gasteiger partial charge in [0.1, 0.15) is 5.69 Å². The summed E-state index contributed by atoms with van der Waals surface area (Å²) in [5.74, 6) is 0.286. The van der Waals surface area contributed by atoms with Crippen molar-refractivity contribution in [3.63, 3.8) is 0 Å². The molecule has 0 aliphatic rings. The number of hydrogen-bond acceptors (Lipinski definition) is 5. The second kappa shape index (κ2) is 2.29. The van der Waals surface area contributed by atoms with E-state index in [-0.39, 0.29) is 5.88 Å². The monoisotopic (exact) mass is 167 g/mol. The molecule has 0 aliphatic carbocycles. The highest BCUT2D eigenvalue weighted by molar-refractivity contribution is 5.19. The SMILES string of the molecule is Cc1ncoc1-n1nn[nH]c1=O. The van der Waals surface area contributed by atoms with E-state index in [2.05, 4.69) is 20.5 Å². The van der Waals surface area contributed by atoms with E-state index >= 15 is 0 Å². The van der Waals surface area contributed by atoms with Crippen molar-refractivity contribution in [1.82, 2.24) is 25.2 Å². The number of tetrazole rings is 1. The van der Waals surface area contributed by atoms with Crippen LogP contribution in [0.3, 0.4) is 0 Å². The van der Waals surface area contributed by atoms with Crippen LogP contribution in [0.25, 0.3) is 5.88 Å². The molecule has 12 heavy (non-hydrogen) atoms. The number of nitrogens with one attached hydrogen (secondary N) is 1. The maximum Gasteiger partial charge on any atom is 0.368 e. The molecule has 0 amide bonds. The van der Waals surface area contributed by atoms with Gasteiger partial charge in [-0.2, -0.15) is 0 Å². The third-order valence-corrected chi connectivity index (χ3v) is 1.38. The number of nitrogens with zero attached hydrogens (tertiary/aromatic N) is 4. The largest absolute Gasteiger partial charge is 0.425 e. The van der Waals surface area contributed by atoms with Crippen LogP contribution in [0.2, 0.25) is 0 Å². The zero-order valence-corrected chi connectivity index (χ0v) is 6.18. The maximum atomic E-state index is 11.0. The molecule has 0 aliphatic heterocycles. The summed E-state index contributed by atoms with van der Waals surface area (Å²) in [6, 6.07) is 0. The van der Waals surface area contributed by atoms with Gasteiger partial charge in [0.05, 0.1) is 0 Å². The minimum Gasteiger partial charge on any atom is -0.425 e. The summed E-state index contributed by atoms with van der Waals surface area (Å²) in [5.41, 5.74) is 0.140. The lowest BCUT2D eigenvalue weighted by molar-refractivity contribution is 0.505. The van der Waals surface area contributed by atoms with E-state index in [1.165, 1.54) is 6.39 Å². The third-order valence-electron chi connectivity index (χ3n) is 1.38. The van der Waals surface area contributed by atoms with Gasteiger partial charge < -0.3 is 4.42 Å². The van der Waals surface area contributed by atoms with E-state index < -0.39 is 5.69 Å². The van der Waals surface area contributed by atoms with E-state index in [1.807, 2.05) is 0 Å². The normalized spacial score (nSPS) is 10.4. The lowest BCUT2D eigenvalue weighted by atomic mass is 10.5. The lowest BCUT2D eigenvalue weighted by Gasteiger charge is -1.89. The van der Waals surface area contributed by atoms with Crippen molar-refractivity contribution >= 4 is 0 Å². The predicted octanol–water partition coefficient (Wildman–Crippen LogP) is -0.748. The van der Waals surface area contributed by atoms with Crippen molar-refractivity contribution in [2.75, 3.05) is 0 Å². The Hall–Kier alpha value is -1.92. The van der Waals surface area contributed by atoms with Crippen LogP contribution in [0.15, 0.2) is 15.6 Å². The van der Waals surface area contributed by atoms with Crippen molar-refractivity contribution < 1.29 is 4.42 Å². The number of oxazole rings is 1. The van der Waals surface area contributed by atoms with Gasteiger partial charge in [0, 0.05) is 0 Å². The van der Waals surface area contributed by atoms with Crippen molar-refractivity contribution in [1.29, 1.82) is 0 Å². The summed E-state index contributed by atoms with van der Waals surface area (Å²) in [4.78, 5) is 14.8. The Morgan fingerprint density at radius 3 is 3.00 bits per heavy atom. The van der Waals surface area contributed by atoms with Gasteiger partial charge in [-0.05, 0) is 17.4 Å². The number of aryl methyl sites for hydroxylation is 1. The van der Waals surface area contributed by atoms with E-state index in [9.17, 15) is 4.79 Å². The maximum absolute atomic E-state index is 11.0. The quantitative estimate of drug-likeness (QED) is 0.603. The molecule has 0 saturated heterocycles. The van der Waals surface area contributed by atoms with E-state index in [1.54, 1.807) is 6.92 Å². The Bertz CT molecular complexity index is 438. The highest BCUT2D eigenvalue weighted by Crippen LogP contribution is 2.06. The second-order valence-electron chi connectivity index (χ2n) is 2.16. The van der Waals surface area contributed by atoms with E-state index in [4.69, 9.17) is 4.42 Å². The van der Waals surface area contributed by atoms with Crippen molar-refractivity contribution in [2.45, 2.75) is 6.92 Å². The van der Waals surface area contributed by atoms with Gasteiger partial charge in [-0.3, -0.25) is 0 Å². The first kappa shape index (κ1) is 6.77. The minimum absolute atomic E-state index is 0.286. The minimum atomic E-state index is -0.449. The summed E-state index contributed by atoms with van der Waals surface area (Å²) in [6.45, 7) is 1.71. The van der Waals surface area contributed by atoms with Crippen LogP contribution in [-0.4, -0.2) is 25.2 Å². The predicted molar refractivity (Wildman–Crippen MR) is 36.8 cm³/mol. The summed E-state index contributed by atoms with van der Waals surface area (Å²) in [6.07, 6.45) is 1.24. The summed E-state index contributed by atoms with van der Waals surface area (Å²) in [7, 11) is 0. The number of aromatic nitrogens is 5. The van der Waals surface area contributed by atoms with Crippen molar-refractivity contribution in [2.24, 2.45) is 0 Å². The zero-order chi connectivity index (χ0) is 8.55. The molecule has 0 radical (unpaired) electrons. The molecule has 2 aromatic heterocycles. The van der Waals surface area contributed by atoms with Crippen LogP contribution in [0, 0.1) is 6.92 Å². The van der Waals surface area contributed by atoms with E-state index in [0.717, 1.165) is 4.68 Å². The van der Waals surface area contributed by atoms with Crippen molar-refractivity contribution in [3.05, 3.63) is 22.6 Å². The van der Waals surface area contributed by atoms with Crippen LogP contribution >= 0.6 is 0 Å². The van der Waals surface area contributed by atoms with Gasteiger partial charge in [-0.1, -0.05) is 0 Å². The van der Waals surface area contributed by atoms with Crippen LogP contribution in [-0.2, 0) is 0 Å². The number of rotatable bonds is 1. The van der Waals surface area contributed by atoms with Crippen molar-refractivity contribution in [3.8, 4) is 5.88 Å². The molecule has 2 rings (SSSR count). The molecule has 0 atom stereocenters. The molecule has 2 heterocycles. The average Bonchev–Trinajstić information content (AvgIpc) is 2.59. The topological polar surface area (TPSA) is 89.6 Å². The van der Waals surface area contributed by atoms with Crippen LogP contribution in [0.4, 0.5) is 0 Å². The first-order chi connectivity index (χ1) is 5.79. The third kappa shape index (κ3) is 0.831. The van der Waals surface area contributed by atoms with Gasteiger partial charge in [0.15, 0.2) is 6.39 Å². The summed E-state index contributed by atoms with van der Waals surface area (Å²) >= 11 is 0. The fraction of sp³-hybridized carbons (Fsp3) is 0.200. The number of aromatic amines is 1. The molecule has 0 unspecified atom stereocenters. The summed E-state index contributed by atoms with van der Waals surface area (Å²) < 4.78 is 5.92. The smallest absolute Gasteiger partial charge is 0.368 e. The standard InChI is InChI=1S/C5H5N5O2/c1-3-4(12-2-6-3)10-5(11)7-8-9-10/h2H,1H3,(H,7,9,11). The fourth-order valence-electron chi connectivity index (χ4n) is 0.830. The summed E-state index contributed by atoms with van der Waals surface area (Å²) in [5, 5.41) is 8.93. The Kier molecular flexibility index (Phi) is 1.29. The van der Waals surface area contributed by atoms with Gasteiger partial charge in [-0.15, -0.1) is 4.68 Å². The molecule has 0 aromatic carbocycles. The molecule has 7 heteroatoms. The molecule has 7 nitrogen and oxygen atoms in total. The molecule has 0 saturated carbocycles. The lowest BCUT2D eigenvalue weighted by Crippen LogP contribution is -2.16. The number of hydrogen-bond donors (Lipinski definition) is 1. The van der Waals surface area contributed by atoms with Gasteiger partial charge in [-0.25, -0.2) is 14.9 Å². The Balaban J connectivity index is 2.65. The molecule has 0 bridgehead atoms. The number of H-pyrrole nitrogens is 1. The fourth-order valence-corrected chi connectivity index (χ4v) is 0.830. The average molecular weight is 167 g/mol. The Labute approximate surface area is 66.0 Å². The first-order valence-electron chi connectivity index (χ1n) is 3.20. The molecule has 0 fully saturated rings. The van der Waals surface area contributed by atoms with Gasteiger partial charge >= 0.3 is 5.69 Å². The molecule has 62 valence electrons. The van der Waals surface area contributed by atoms with E-state index in [0.29, 0.717) is 5.69 Å². The molecule has 0 spiro atoms. The van der Waals surface area contributed by atoms with Gasteiger partial charge in [0.2, 0.25) is 5.88 Å². The molecule has 1 N–H and O–H groups in total. The second-order valence-corrected chi connectivity index (χ2v) is 2.16. The first-order valence-corrected chi connectivity index (χ1v) is 3.20. The zero-order valence-electron chi connectivity index (χ0n) is 6.18. The highest BCUT2D eigenvalue weighted by atomic mass is 16.4. The molecule has 2 aromatic rings. The Morgan fingerprint density at radius 1 is 1.67 bits per heavy atom. The molecular weight excluding hydrogens is 162 g/mol. The van der Waals surface area contributed by atoms with Crippen LogP contribution in [0.1, 0.15) is 5.69 Å². The molecular formula is C5H5N5O2. The highest BCUT2D eigenvalue weighted by Gasteiger charge is 2.09. The van der Waals surface area contributed by atoms with Crippen LogP contribution < -0.4 is 5.69 Å². The van der Waals surface area contributed by atoms with Gasteiger partial charge in [0.25, 0.3) is 0 Å².